The molecule has 0 saturated carbocycles. The number of aryl methyl sites for hydroxylation is 1. The SMILES string of the molecule is CCc1ccccc1NC(=O)c1cncc(C#CCO)c1. The maximum absolute atomic E-state index is 12.3. The minimum Gasteiger partial charge on any atom is -0.384 e. The van der Waals surface area contributed by atoms with Crippen LogP contribution in [0.15, 0.2) is 42.7 Å². The largest absolute Gasteiger partial charge is 0.384 e. The summed E-state index contributed by atoms with van der Waals surface area (Å²) in [4.78, 5) is 16.3. The van der Waals surface area contributed by atoms with E-state index in [9.17, 15) is 4.79 Å². The second kappa shape index (κ2) is 7.22. The molecule has 106 valence electrons. The highest BCUT2D eigenvalue weighted by Crippen LogP contribution is 2.16. The zero-order valence-corrected chi connectivity index (χ0v) is 11.8. The Bertz CT molecular complexity index is 699. The van der Waals surface area contributed by atoms with Gasteiger partial charge < -0.3 is 10.4 Å². The van der Waals surface area contributed by atoms with Gasteiger partial charge in [0.05, 0.1) is 5.56 Å². The van der Waals surface area contributed by atoms with Crippen LogP contribution < -0.4 is 5.32 Å². The molecule has 2 rings (SSSR count). The number of carbonyl (C=O) groups is 1. The van der Waals surface area contributed by atoms with Crippen LogP contribution in [0, 0.1) is 11.8 Å². The van der Waals surface area contributed by atoms with Crippen molar-refractivity contribution in [3.8, 4) is 11.8 Å². The van der Waals surface area contributed by atoms with Crippen molar-refractivity contribution in [1.29, 1.82) is 0 Å². The summed E-state index contributed by atoms with van der Waals surface area (Å²) in [6.07, 6.45) is 3.89. The number of aliphatic hydroxyl groups is 1. The molecule has 2 N–H and O–H groups in total. The summed E-state index contributed by atoms with van der Waals surface area (Å²) in [6, 6.07) is 9.34. The van der Waals surface area contributed by atoms with Gasteiger partial charge in [-0.2, -0.15) is 0 Å². The van der Waals surface area contributed by atoms with Crippen molar-refractivity contribution in [2.45, 2.75) is 13.3 Å². The monoisotopic (exact) mass is 280 g/mol. The number of hydrogen-bond acceptors (Lipinski definition) is 3. The Morgan fingerprint density at radius 3 is 2.90 bits per heavy atom. The number of aliphatic hydroxyl groups excluding tert-OH is 1. The van der Waals surface area contributed by atoms with Crippen LogP contribution in [0.4, 0.5) is 5.69 Å². The van der Waals surface area contributed by atoms with Crippen LogP contribution in [0.25, 0.3) is 0 Å². The zero-order chi connectivity index (χ0) is 15.1. The van der Waals surface area contributed by atoms with Gasteiger partial charge in [-0.15, -0.1) is 0 Å². The van der Waals surface area contributed by atoms with Gasteiger partial charge >= 0.3 is 0 Å². The minimum atomic E-state index is -0.226. The van der Waals surface area contributed by atoms with Crippen molar-refractivity contribution < 1.29 is 9.90 Å². The molecule has 0 radical (unpaired) electrons. The Morgan fingerprint density at radius 2 is 2.14 bits per heavy atom. The molecule has 1 aromatic heterocycles. The van der Waals surface area contributed by atoms with Crippen LogP contribution in [-0.4, -0.2) is 22.6 Å². The molecule has 0 aliphatic heterocycles. The van der Waals surface area contributed by atoms with E-state index in [1.54, 1.807) is 12.3 Å². The van der Waals surface area contributed by atoms with Crippen molar-refractivity contribution in [2.24, 2.45) is 0 Å². The number of nitrogens with one attached hydrogen (secondary N) is 1. The minimum absolute atomic E-state index is 0.222. The Hall–Kier alpha value is -2.64. The van der Waals surface area contributed by atoms with E-state index in [-0.39, 0.29) is 12.5 Å². The first-order valence-corrected chi connectivity index (χ1v) is 6.68. The smallest absolute Gasteiger partial charge is 0.257 e. The number of benzene rings is 1. The molecule has 0 aliphatic rings. The number of amides is 1. The first kappa shape index (κ1) is 14.8. The van der Waals surface area contributed by atoms with E-state index in [0.717, 1.165) is 17.7 Å². The van der Waals surface area contributed by atoms with Crippen molar-refractivity contribution in [3.05, 3.63) is 59.4 Å². The van der Waals surface area contributed by atoms with Crippen molar-refractivity contribution in [3.63, 3.8) is 0 Å². The van der Waals surface area contributed by atoms with Crippen LogP contribution in [0.5, 0.6) is 0 Å². The molecule has 0 saturated heterocycles. The molecule has 1 aromatic carbocycles. The molecule has 1 amide bonds. The van der Waals surface area contributed by atoms with Crippen LogP contribution in [0.2, 0.25) is 0 Å². The zero-order valence-electron chi connectivity index (χ0n) is 11.8. The molecule has 0 bridgehead atoms. The third-order valence-corrected chi connectivity index (χ3v) is 2.96. The molecular formula is C17H16N2O2. The fourth-order valence-corrected chi connectivity index (χ4v) is 1.92. The third kappa shape index (κ3) is 3.91. The van der Waals surface area contributed by atoms with E-state index in [2.05, 4.69) is 22.1 Å². The van der Waals surface area contributed by atoms with Crippen molar-refractivity contribution in [2.75, 3.05) is 11.9 Å². The lowest BCUT2D eigenvalue weighted by Gasteiger charge is -2.09. The number of pyridine rings is 1. The Labute approximate surface area is 123 Å². The second-order valence-corrected chi connectivity index (χ2v) is 4.39. The molecule has 2 aromatic rings. The van der Waals surface area contributed by atoms with E-state index < -0.39 is 0 Å². The Morgan fingerprint density at radius 1 is 1.33 bits per heavy atom. The first-order valence-electron chi connectivity index (χ1n) is 6.68. The summed E-state index contributed by atoms with van der Waals surface area (Å²) in [6.45, 7) is 1.82. The lowest BCUT2D eigenvalue weighted by Crippen LogP contribution is -2.13. The predicted octanol–water partition coefficient (Wildman–Crippen LogP) is 2.24. The highest BCUT2D eigenvalue weighted by atomic mass is 16.2. The average Bonchev–Trinajstić information content (AvgIpc) is 2.53. The molecule has 21 heavy (non-hydrogen) atoms. The van der Waals surface area contributed by atoms with E-state index in [0.29, 0.717) is 11.1 Å². The van der Waals surface area contributed by atoms with Gasteiger partial charge in [0.25, 0.3) is 5.91 Å². The molecular weight excluding hydrogens is 264 g/mol. The number of nitrogens with zero attached hydrogens (tertiary/aromatic N) is 1. The maximum atomic E-state index is 12.3. The van der Waals surface area contributed by atoms with Crippen LogP contribution in [-0.2, 0) is 6.42 Å². The highest BCUT2D eigenvalue weighted by Gasteiger charge is 2.09. The second-order valence-electron chi connectivity index (χ2n) is 4.39. The van der Waals surface area contributed by atoms with Gasteiger partial charge in [0.15, 0.2) is 0 Å². The van der Waals surface area contributed by atoms with E-state index >= 15 is 0 Å². The topological polar surface area (TPSA) is 62.2 Å². The van der Waals surface area contributed by atoms with Gasteiger partial charge in [-0.1, -0.05) is 37.0 Å². The number of para-hydroxylation sites is 1. The highest BCUT2D eigenvalue weighted by molar-refractivity contribution is 6.04. The van der Waals surface area contributed by atoms with Crippen molar-refractivity contribution in [1.82, 2.24) is 4.98 Å². The molecule has 0 unspecified atom stereocenters. The predicted molar refractivity (Wildman–Crippen MR) is 82.0 cm³/mol. The standard InChI is InChI=1S/C17H16N2O2/c1-2-14-7-3-4-8-16(14)19-17(21)15-10-13(6-5-9-20)11-18-12-15/h3-4,7-8,10-12,20H,2,9H2,1H3,(H,19,21). The van der Waals surface area contributed by atoms with Gasteiger partial charge in [0.1, 0.15) is 6.61 Å². The molecule has 1 heterocycles. The number of aromatic nitrogens is 1. The summed E-state index contributed by atoms with van der Waals surface area (Å²) in [7, 11) is 0. The van der Waals surface area contributed by atoms with E-state index in [1.807, 2.05) is 31.2 Å². The van der Waals surface area contributed by atoms with Gasteiger partial charge in [0, 0.05) is 23.6 Å². The normalized spacial score (nSPS) is 9.62. The van der Waals surface area contributed by atoms with Crippen LogP contribution >= 0.6 is 0 Å². The average molecular weight is 280 g/mol. The van der Waals surface area contributed by atoms with Crippen LogP contribution in [0.1, 0.15) is 28.4 Å². The number of carbonyl (C=O) groups excluding carboxylic acids is 1. The van der Waals surface area contributed by atoms with Crippen molar-refractivity contribution >= 4 is 11.6 Å². The molecule has 0 fully saturated rings. The summed E-state index contributed by atoms with van der Waals surface area (Å²) >= 11 is 0. The number of rotatable bonds is 3. The summed E-state index contributed by atoms with van der Waals surface area (Å²) < 4.78 is 0. The van der Waals surface area contributed by atoms with E-state index in [1.165, 1.54) is 6.20 Å². The number of anilines is 1. The fraction of sp³-hybridized carbons (Fsp3) is 0.176. The van der Waals surface area contributed by atoms with Gasteiger partial charge in [-0.05, 0) is 24.1 Å². The quantitative estimate of drug-likeness (QED) is 0.848. The number of hydrogen-bond donors (Lipinski definition) is 2. The maximum Gasteiger partial charge on any atom is 0.257 e. The summed E-state index contributed by atoms with van der Waals surface area (Å²) in [5.74, 6) is 5.04. The lowest BCUT2D eigenvalue weighted by atomic mass is 10.1. The Balaban J connectivity index is 2.20. The molecule has 0 atom stereocenters. The van der Waals surface area contributed by atoms with Gasteiger partial charge in [-0.25, -0.2) is 0 Å². The summed E-state index contributed by atoms with van der Waals surface area (Å²) in [5.41, 5.74) is 2.91. The Kier molecular flexibility index (Phi) is 5.08. The lowest BCUT2D eigenvalue weighted by molar-refractivity contribution is 0.102. The first-order chi connectivity index (χ1) is 10.2. The summed E-state index contributed by atoms with van der Waals surface area (Å²) in [5, 5.41) is 11.6. The molecule has 0 spiro atoms. The fourth-order valence-electron chi connectivity index (χ4n) is 1.92. The van der Waals surface area contributed by atoms with Gasteiger partial charge in [-0.3, -0.25) is 9.78 Å². The van der Waals surface area contributed by atoms with Gasteiger partial charge in [0.2, 0.25) is 0 Å². The molecule has 4 heteroatoms. The third-order valence-electron chi connectivity index (χ3n) is 2.96. The molecule has 4 nitrogen and oxygen atoms in total. The van der Waals surface area contributed by atoms with E-state index in [4.69, 9.17) is 5.11 Å². The van der Waals surface area contributed by atoms with Crippen LogP contribution in [0.3, 0.4) is 0 Å². The molecule has 0 aliphatic carbocycles.